The van der Waals surface area contributed by atoms with E-state index >= 15 is 0 Å². The molecule has 0 atom stereocenters. The molecule has 0 saturated heterocycles. The lowest BCUT2D eigenvalue weighted by Crippen LogP contribution is -2.10. The molecule has 0 aliphatic heterocycles. The quantitative estimate of drug-likeness (QED) is 0.0616. The summed E-state index contributed by atoms with van der Waals surface area (Å²) < 4.78 is 36.1. The Morgan fingerprint density at radius 1 is 0.490 bits per heavy atom. The van der Waals surface area contributed by atoms with Crippen molar-refractivity contribution in [3.8, 4) is 28.7 Å². The predicted molar refractivity (Wildman–Crippen MR) is 173 cm³/mol. The first-order valence-electron chi connectivity index (χ1n) is 14.6. The van der Waals surface area contributed by atoms with E-state index < -0.39 is 29.8 Å². The first-order chi connectivity index (χ1) is 23.7. The highest BCUT2D eigenvalue weighted by molar-refractivity contribution is 5.91. The minimum Gasteiger partial charge on any atom is -0.457 e. The summed E-state index contributed by atoms with van der Waals surface area (Å²) in [7, 11) is 0. The van der Waals surface area contributed by atoms with Gasteiger partial charge in [-0.15, -0.1) is 0 Å². The Bertz CT molecular complexity index is 1780. The fraction of sp³-hybridized carbons (Fsp3) is 0.108. The number of aryl methyl sites for hydroxylation is 1. The van der Waals surface area contributed by atoms with Crippen LogP contribution in [0.1, 0.15) is 32.7 Å². The Morgan fingerprint density at radius 3 is 1.27 bits per heavy atom. The summed E-state index contributed by atoms with van der Waals surface area (Å²) in [5.41, 5.74) is 1.38. The van der Waals surface area contributed by atoms with Gasteiger partial charge in [0.25, 0.3) is 0 Å². The maximum Gasteiger partial charge on any atom is 0.343 e. The van der Waals surface area contributed by atoms with Crippen LogP contribution in [-0.4, -0.2) is 43.4 Å². The molecule has 12 nitrogen and oxygen atoms in total. The smallest absolute Gasteiger partial charge is 0.343 e. The van der Waals surface area contributed by atoms with E-state index in [0.29, 0.717) is 23.7 Å². The van der Waals surface area contributed by atoms with Crippen LogP contribution >= 0.6 is 0 Å². The lowest BCUT2D eigenvalue weighted by atomic mass is 10.1. The van der Waals surface area contributed by atoms with Gasteiger partial charge in [-0.25, -0.2) is 19.2 Å². The molecule has 0 heterocycles. The molecule has 0 spiro atoms. The van der Waals surface area contributed by atoms with Crippen LogP contribution in [0.2, 0.25) is 0 Å². The number of ether oxygens (including phenoxy) is 7. The molecular weight excluding hydrogens is 636 g/mol. The Labute approximate surface area is 281 Å². The lowest BCUT2D eigenvalue weighted by Gasteiger charge is -2.09. The van der Waals surface area contributed by atoms with Gasteiger partial charge in [0.05, 0.1) is 11.1 Å². The number of rotatable bonds is 16. The van der Waals surface area contributed by atoms with Crippen LogP contribution in [0, 0.1) is 0 Å². The monoisotopic (exact) mass is 666 g/mol. The summed E-state index contributed by atoms with van der Waals surface area (Å²) in [6.07, 6.45) is 2.51. The van der Waals surface area contributed by atoms with Gasteiger partial charge in [-0.2, -0.15) is 0 Å². The van der Waals surface area contributed by atoms with Gasteiger partial charge in [0.2, 0.25) is 13.6 Å². The molecule has 0 aromatic heterocycles. The Kier molecular flexibility index (Phi) is 12.8. The van der Waals surface area contributed by atoms with Gasteiger partial charge >= 0.3 is 29.8 Å². The number of benzene rings is 4. The molecule has 12 heteroatoms. The highest BCUT2D eigenvalue weighted by Crippen LogP contribution is 2.21. The van der Waals surface area contributed by atoms with Crippen LogP contribution in [0.4, 0.5) is 0 Å². The van der Waals surface area contributed by atoms with Gasteiger partial charge in [0, 0.05) is 18.6 Å². The number of hydrogen-bond acceptors (Lipinski definition) is 12. The van der Waals surface area contributed by atoms with Crippen molar-refractivity contribution in [2.24, 2.45) is 0 Å². The Balaban J connectivity index is 1.17. The van der Waals surface area contributed by atoms with Gasteiger partial charge in [0.15, 0.2) is 0 Å². The molecule has 0 saturated carbocycles. The zero-order valence-corrected chi connectivity index (χ0v) is 26.0. The van der Waals surface area contributed by atoms with Crippen LogP contribution in [0.5, 0.6) is 28.7 Å². The highest BCUT2D eigenvalue weighted by Gasteiger charge is 2.12. The number of carbonyl (C=O) groups is 5. The average Bonchev–Trinajstić information content (AvgIpc) is 3.12. The fourth-order valence-corrected chi connectivity index (χ4v) is 3.86. The molecule has 0 aliphatic rings. The third kappa shape index (κ3) is 11.6. The Morgan fingerprint density at radius 2 is 0.857 bits per heavy atom. The summed E-state index contributed by atoms with van der Waals surface area (Å²) >= 11 is 0. The molecular formula is C37H30O12. The standard InChI is InChI=1S/C37H30O12/c1-3-33(38)45-23-43-28-14-8-26(9-15-28)36(41)48-31-12-5-25(6-13-31)7-22-35(40)47-30-18-20-32(21-19-30)49-37(42)27-10-16-29(17-11-27)44-24-46-34(39)4-2/h3-6,8-21H,1-2,7,22-24H2. The molecule has 0 bridgehead atoms. The number of esters is 5. The molecule has 0 unspecified atom stereocenters. The second-order valence-corrected chi connectivity index (χ2v) is 9.78. The van der Waals surface area contributed by atoms with E-state index in [9.17, 15) is 24.0 Å². The zero-order valence-electron chi connectivity index (χ0n) is 26.0. The summed E-state index contributed by atoms with van der Waals surface area (Å²) in [4.78, 5) is 59.5. The van der Waals surface area contributed by atoms with E-state index in [4.69, 9.17) is 33.2 Å². The summed E-state index contributed by atoms with van der Waals surface area (Å²) in [5.74, 6) is -1.25. The number of hydrogen-bond donors (Lipinski definition) is 0. The average molecular weight is 667 g/mol. The van der Waals surface area contributed by atoms with E-state index in [0.717, 1.165) is 17.7 Å². The molecule has 4 aromatic rings. The van der Waals surface area contributed by atoms with Crippen LogP contribution < -0.4 is 23.7 Å². The second-order valence-electron chi connectivity index (χ2n) is 9.78. The Hall–Kier alpha value is -6.69. The lowest BCUT2D eigenvalue weighted by molar-refractivity contribution is -0.145. The molecule has 4 rings (SSSR count). The van der Waals surface area contributed by atoms with E-state index in [1.54, 1.807) is 36.4 Å². The first kappa shape index (κ1) is 35.2. The van der Waals surface area contributed by atoms with Crippen LogP contribution in [-0.2, 0) is 30.3 Å². The largest absolute Gasteiger partial charge is 0.457 e. The van der Waals surface area contributed by atoms with Crippen molar-refractivity contribution >= 4 is 29.8 Å². The van der Waals surface area contributed by atoms with E-state index in [1.807, 2.05) is 0 Å². The molecule has 0 radical (unpaired) electrons. The van der Waals surface area contributed by atoms with Gasteiger partial charge in [-0.3, -0.25) is 4.79 Å². The second kappa shape index (κ2) is 17.9. The van der Waals surface area contributed by atoms with Crippen molar-refractivity contribution in [1.29, 1.82) is 0 Å². The van der Waals surface area contributed by atoms with Crippen LogP contribution in [0.15, 0.2) is 122 Å². The van der Waals surface area contributed by atoms with Crippen molar-refractivity contribution in [2.45, 2.75) is 12.8 Å². The summed E-state index contributed by atoms with van der Waals surface area (Å²) in [5, 5.41) is 0. The van der Waals surface area contributed by atoms with Crippen molar-refractivity contribution < 1.29 is 57.1 Å². The molecule has 0 amide bonds. The third-order valence-electron chi connectivity index (χ3n) is 6.38. The molecule has 0 aliphatic carbocycles. The van der Waals surface area contributed by atoms with Crippen LogP contribution in [0.25, 0.3) is 0 Å². The highest BCUT2D eigenvalue weighted by atomic mass is 16.7. The zero-order chi connectivity index (χ0) is 35.0. The van der Waals surface area contributed by atoms with Gasteiger partial charge < -0.3 is 33.2 Å². The first-order valence-corrected chi connectivity index (χ1v) is 14.6. The van der Waals surface area contributed by atoms with Crippen molar-refractivity contribution in [3.05, 3.63) is 139 Å². The molecule has 49 heavy (non-hydrogen) atoms. The van der Waals surface area contributed by atoms with Gasteiger partial charge in [-0.05, 0) is 96.9 Å². The normalized spacial score (nSPS) is 10.1. The van der Waals surface area contributed by atoms with Gasteiger partial charge in [0.1, 0.15) is 28.7 Å². The third-order valence-corrected chi connectivity index (χ3v) is 6.38. The minimum atomic E-state index is -0.618. The van der Waals surface area contributed by atoms with E-state index in [1.165, 1.54) is 60.7 Å². The molecule has 0 N–H and O–H groups in total. The fourth-order valence-electron chi connectivity index (χ4n) is 3.86. The SMILES string of the molecule is C=CC(=O)OCOc1ccc(C(=O)Oc2ccc(CCC(=O)Oc3ccc(OC(=O)c4ccc(OCOC(=O)C=C)cc4)cc3)cc2)cc1. The summed E-state index contributed by atoms with van der Waals surface area (Å²) in [6.45, 7) is 5.99. The van der Waals surface area contributed by atoms with E-state index in [-0.39, 0.29) is 42.6 Å². The number of carbonyl (C=O) groups excluding carboxylic acids is 5. The predicted octanol–water partition coefficient (Wildman–Crippen LogP) is 5.79. The maximum atomic E-state index is 12.5. The van der Waals surface area contributed by atoms with Crippen LogP contribution in [0.3, 0.4) is 0 Å². The van der Waals surface area contributed by atoms with E-state index in [2.05, 4.69) is 13.2 Å². The van der Waals surface area contributed by atoms with Crippen molar-refractivity contribution in [2.75, 3.05) is 13.6 Å². The van der Waals surface area contributed by atoms with Crippen molar-refractivity contribution in [3.63, 3.8) is 0 Å². The molecule has 250 valence electrons. The minimum absolute atomic E-state index is 0.0908. The summed E-state index contributed by atoms with van der Waals surface area (Å²) in [6, 6.07) is 24.9. The topological polar surface area (TPSA) is 150 Å². The molecule has 0 fully saturated rings. The maximum absolute atomic E-state index is 12.5. The molecule has 4 aromatic carbocycles. The van der Waals surface area contributed by atoms with Crippen molar-refractivity contribution in [1.82, 2.24) is 0 Å². The van der Waals surface area contributed by atoms with Gasteiger partial charge in [-0.1, -0.05) is 25.3 Å².